The van der Waals surface area contributed by atoms with Crippen LogP contribution in [0.25, 0.3) is 11.1 Å². The Morgan fingerprint density at radius 2 is 1.32 bits per heavy atom. The fourth-order valence-electron chi connectivity index (χ4n) is 4.25. The molecule has 3 rings (SSSR count). The summed E-state index contributed by atoms with van der Waals surface area (Å²) in [5.41, 5.74) is 3.21. The van der Waals surface area contributed by atoms with Gasteiger partial charge in [-0.2, -0.15) is 0 Å². The van der Waals surface area contributed by atoms with E-state index < -0.39 is 11.6 Å². The number of hydrogen-bond donors (Lipinski definition) is 3. The van der Waals surface area contributed by atoms with E-state index in [4.69, 9.17) is 0 Å². The SMILES string of the molecule is CC(C)(C)NC(=O)C[C@H](NC(=O)CCc1ccccc1)C(=O)CCCNC(=O)c1ccc(-c2ccccc2)cc1. The number of ketones is 1. The van der Waals surface area contributed by atoms with E-state index in [1.165, 1.54) is 0 Å². The van der Waals surface area contributed by atoms with Gasteiger partial charge in [0.2, 0.25) is 11.8 Å². The van der Waals surface area contributed by atoms with Crippen molar-refractivity contribution >= 4 is 23.5 Å². The second kappa shape index (κ2) is 14.8. The van der Waals surface area contributed by atoms with E-state index in [0.29, 0.717) is 24.9 Å². The topological polar surface area (TPSA) is 104 Å². The third-order valence-corrected chi connectivity index (χ3v) is 6.25. The highest BCUT2D eigenvalue weighted by Gasteiger charge is 2.25. The van der Waals surface area contributed by atoms with E-state index in [1.807, 2.05) is 93.6 Å². The van der Waals surface area contributed by atoms with Gasteiger partial charge in [-0.25, -0.2) is 0 Å². The molecule has 0 fully saturated rings. The monoisotopic (exact) mass is 541 g/mol. The molecule has 1 atom stereocenters. The molecule has 0 spiro atoms. The Balaban J connectivity index is 1.50. The first kappa shape index (κ1) is 30.3. The highest BCUT2D eigenvalue weighted by atomic mass is 16.2. The van der Waals surface area contributed by atoms with E-state index in [0.717, 1.165) is 16.7 Å². The minimum atomic E-state index is -0.924. The van der Waals surface area contributed by atoms with Crippen molar-refractivity contribution in [2.45, 2.75) is 64.5 Å². The first-order chi connectivity index (χ1) is 19.1. The number of Topliss-reactive ketones (excluding diaryl/α,β-unsaturated/α-hetero) is 1. The van der Waals surface area contributed by atoms with Crippen molar-refractivity contribution in [2.24, 2.45) is 0 Å². The number of hydrogen-bond acceptors (Lipinski definition) is 4. The summed E-state index contributed by atoms with van der Waals surface area (Å²) in [6.45, 7) is 5.88. The predicted molar refractivity (Wildman–Crippen MR) is 158 cm³/mol. The fraction of sp³-hybridized carbons (Fsp3) is 0.333. The average Bonchev–Trinajstić information content (AvgIpc) is 2.93. The Morgan fingerprint density at radius 1 is 0.725 bits per heavy atom. The minimum Gasteiger partial charge on any atom is -0.352 e. The average molecular weight is 542 g/mol. The maximum absolute atomic E-state index is 13.0. The molecule has 0 aliphatic carbocycles. The van der Waals surface area contributed by atoms with Crippen LogP contribution in [0.4, 0.5) is 0 Å². The first-order valence-electron chi connectivity index (χ1n) is 13.7. The molecule has 210 valence electrons. The van der Waals surface area contributed by atoms with Crippen molar-refractivity contribution in [3.63, 3.8) is 0 Å². The summed E-state index contributed by atoms with van der Waals surface area (Å²) in [6, 6.07) is 26.0. The van der Waals surface area contributed by atoms with Gasteiger partial charge in [0.15, 0.2) is 5.78 Å². The Morgan fingerprint density at radius 3 is 1.95 bits per heavy atom. The molecule has 0 heterocycles. The van der Waals surface area contributed by atoms with Crippen molar-refractivity contribution in [1.29, 1.82) is 0 Å². The molecule has 3 amide bonds. The van der Waals surface area contributed by atoms with Crippen LogP contribution in [0.1, 0.15) is 62.4 Å². The quantitative estimate of drug-likeness (QED) is 0.269. The van der Waals surface area contributed by atoms with Crippen LogP contribution in [0.15, 0.2) is 84.9 Å². The van der Waals surface area contributed by atoms with Crippen molar-refractivity contribution in [3.05, 3.63) is 96.1 Å². The maximum Gasteiger partial charge on any atom is 0.251 e. The number of aryl methyl sites for hydroxylation is 1. The molecule has 0 unspecified atom stereocenters. The van der Waals surface area contributed by atoms with Crippen LogP contribution >= 0.6 is 0 Å². The zero-order valence-electron chi connectivity index (χ0n) is 23.5. The second-order valence-electron chi connectivity index (χ2n) is 10.9. The van der Waals surface area contributed by atoms with Crippen LogP contribution < -0.4 is 16.0 Å². The van der Waals surface area contributed by atoms with E-state index in [-0.39, 0.29) is 42.8 Å². The molecule has 0 radical (unpaired) electrons. The molecular formula is C33H39N3O4. The van der Waals surface area contributed by atoms with Crippen LogP contribution in [0.2, 0.25) is 0 Å². The molecular weight excluding hydrogens is 502 g/mol. The number of carbonyl (C=O) groups is 4. The van der Waals surface area contributed by atoms with Gasteiger partial charge < -0.3 is 16.0 Å². The van der Waals surface area contributed by atoms with Crippen molar-refractivity contribution in [1.82, 2.24) is 16.0 Å². The summed E-state index contributed by atoms with van der Waals surface area (Å²) in [5, 5.41) is 8.46. The van der Waals surface area contributed by atoms with Gasteiger partial charge in [0, 0.05) is 30.5 Å². The number of carbonyl (C=O) groups excluding carboxylic acids is 4. The largest absolute Gasteiger partial charge is 0.352 e. The highest BCUT2D eigenvalue weighted by molar-refractivity contribution is 5.95. The van der Waals surface area contributed by atoms with Crippen LogP contribution in [0, 0.1) is 0 Å². The normalized spacial score (nSPS) is 11.8. The van der Waals surface area contributed by atoms with Gasteiger partial charge >= 0.3 is 0 Å². The van der Waals surface area contributed by atoms with Gasteiger partial charge in [0.1, 0.15) is 0 Å². The van der Waals surface area contributed by atoms with Gasteiger partial charge in [-0.15, -0.1) is 0 Å². The Bertz CT molecular complexity index is 1270. The molecule has 3 N–H and O–H groups in total. The summed E-state index contributed by atoms with van der Waals surface area (Å²) >= 11 is 0. The Kier molecular flexibility index (Phi) is 11.2. The lowest BCUT2D eigenvalue weighted by Gasteiger charge is -2.23. The molecule has 3 aromatic carbocycles. The molecule has 40 heavy (non-hydrogen) atoms. The Labute approximate surface area is 236 Å². The highest BCUT2D eigenvalue weighted by Crippen LogP contribution is 2.19. The zero-order chi connectivity index (χ0) is 29.0. The van der Waals surface area contributed by atoms with Crippen LogP contribution in [-0.2, 0) is 20.8 Å². The first-order valence-corrected chi connectivity index (χ1v) is 13.7. The second-order valence-corrected chi connectivity index (χ2v) is 10.9. The summed E-state index contributed by atoms with van der Waals surface area (Å²) in [7, 11) is 0. The van der Waals surface area contributed by atoms with E-state index in [9.17, 15) is 19.2 Å². The van der Waals surface area contributed by atoms with E-state index in [1.54, 1.807) is 12.1 Å². The molecule has 7 nitrogen and oxygen atoms in total. The standard InChI is InChI=1S/C33H39N3O4/c1-33(2,3)36-31(39)23-28(35-30(38)21-16-24-11-6-4-7-12-24)29(37)15-10-22-34-32(40)27-19-17-26(18-20-27)25-13-8-5-9-14-25/h4-9,11-14,17-20,28H,10,15-16,21-23H2,1-3H3,(H,34,40)(H,35,38)(H,36,39)/t28-/m0/s1. The molecule has 0 bridgehead atoms. The van der Waals surface area contributed by atoms with Crippen molar-refractivity contribution in [3.8, 4) is 11.1 Å². The Hall–Kier alpha value is -4.26. The van der Waals surface area contributed by atoms with E-state index in [2.05, 4.69) is 16.0 Å². The molecule has 0 aromatic heterocycles. The van der Waals surface area contributed by atoms with Crippen LogP contribution in [0.3, 0.4) is 0 Å². The number of amides is 3. The van der Waals surface area contributed by atoms with Crippen LogP contribution in [0.5, 0.6) is 0 Å². The van der Waals surface area contributed by atoms with Crippen LogP contribution in [-0.4, -0.2) is 41.6 Å². The zero-order valence-corrected chi connectivity index (χ0v) is 23.5. The third kappa shape index (κ3) is 10.5. The van der Waals surface area contributed by atoms with Crippen molar-refractivity contribution < 1.29 is 19.2 Å². The summed E-state index contributed by atoms with van der Waals surface area (Å²) < 4.78 is 0. The fourth-order valence-corrected chi connectivity index (χ4v) is 4.25. The molecule has 3 aromatic rings. The summed E-state index contributed by atoms with van der Waals surface area (Å²) in [4.78, 5) is 50.8. The number of rotatable bonds is 13. The summed E-state index contributed by atoms with van der Waals surface area (Å²) in [5.74, 6) is -1.04. The lowest BCUT2D eigenvalue weighted by atomic mass is 10.0. The molecule has 0 aliphatic heterocycles. The van der Waals surface area contributed by atoms with Gasteiger partial charge in [-0.05, 0) is 62.4 Å². The summed E-state index contributed by atoms with van der Waals surface area (Å²) in [6.07, 6.45) is 1.14. The lowest BCUT2D eigenvalue weighted by molar-refractivity contribution is -0.131. The number of benzene rings is 3. The predicted octanol–water partition coefficient (Wildman–Crippen LogP) is 4.86. The van der Waals surface area contributed by atoms with Gasteiger partial charge in [-0.1, -0.05) is 72.8 Å². The van der Waals surface area contributed by atoms with Gasteiger partial charge in [0.25, 0.3) is 5.91 Å². The van der Waals surface area contributed by atoms with Gasteiger partial charge in [0.05, 0.1) is 12.5 Å². The molecule has 0 saturated carbocycles. The minimum absolute atomic E-state index is 0.125. The molecule has 0 saturated heterocycles. The number of nitrogens with one attached hydrogen (secondary N) is 3. The maximum atomic E-state index is 13.0. The molecule has 7 heteroatoms. The van der Waals surface area contributed by atoms with E-state index >= 15 is 0 Å². The van der Waals surface area contributed by atoms with Gasteiger partial charge in [-0.3, -0.25) is 19.2 Å². The lowest BCUT2D eigenvalue weighted by Crippen LogP contribution is -2.47. The molecule has 0 aliphatic rings. The smallest absolute Gasteiger partial charge is 0.251 e. The van der Waals surface area contributed by atoms with Crippen molar-refractivity contribution in [2.75, 3.05) is 6.54 Å². The third-order valence-electron chi connectivity index (χ3n) is 6.25.